The number of nitrogens with zero attached hydrogens (tertiary/aromatic N) is 2. The van der Waals surface area contributed by atoms with Gasteiger partial charge in [-0.3, -0.25) is 4.79 Å². The van der Waals surface area contributed by atoms with Crippen LogP contribution < -0.4 is 10.1 Å². The molecule has 0 spiro atoms. The second-order valence-electron chi connectivity index (χ2n) is 3.97. The van der Waals surface area contributed by atoms with E-state index in [1.165, 1.54) is 11.1 Å². The summed E-state index contributed by atoms with van der Waals surface area (Å²) < 4.78 is 5.20. The fraction of sp³-hybridized carbons (Fsp3) is 0.462. The van der Waals surface area contributed by atoms with Gasteiger partial charge in [0.25, 0.3) is 0 Å². The van der Waals surface area contributed by atoms with Gasteiger partial charge in [0.15, 0.2) is 0 Å². The Labute approximate surface area is 117 Å². The summed E-state index contributed by atoms with van der Waals surface area (Å²) >= 11 is 0. The van der Waals surface area contributed by atoms with E-state index in [4.69, 9.17) is 9.84 Å². The first-order valence-corrected chi connectivity index (χ1v) is 6.43. The summed E-state index contributed by atoms with van der Waals surface area (Å²) in [5.74, 6) is -0.442. The number of carboxylic acid groups (broad SMARTS) is 1. The molecule has 7 heteroatoms. The highest BCUT2D eigenvalue weighted by Crippen LogP contribution is 2.12. The van der Waals surface area contributed by atoms with Crippen LogP contribution in [0.2, 0.25) is 0 Å². The van der Waals surface area contributed by atoms with Crippen molar-refractivity contribution in [3.63, 3.8) is 0 Å². The normalized spacial score (nSPS) is 9.90. The highest BCUT2D eigenvalue weighted by atomic mass is 16.5. The van der Waals surface area contributed by atoms with Crippen LogP contribution >= 0.6 is 0 Å². The van der Waals surface area contributed by atoms with Crippen LogP contribution in [-0.2, 0) is 4.79 Å². The van der Waals surface area contributed by atoms with Crippen LogP contribution in [-0.4, -0.2) is 46.7 Å². The fourth-order valence-corrected chi connectivity index (χ4v) is 1.52. The van der Waals surface area contributed by atoms with Gasteiger partial charge in [-0.1, -0.05) is 0 Å². The Morgan fingerprint density at radius 3 is 2.65 bits per heavy atom. The smallest absolute Gasteiger partial charge is 0.321 e. The standard InChI is InChI=1S/C13H19N3O4/c1-3-16(8-7-12(17)18)13(19)15-10-5-6-11(14-9-10)20-4-2/h5-6,9H,3-4,7-8H2,1-2H3,(H,15,19)(H,17,18). The second kappa shape index (κ2) is 7.98. The van der Waals surface area contributed by atoms with Gasteiger partial charge >= 0.3 is 12.0 Å². The molecule has 0 aliphatic rings. The Balaban J connectivity index is 2.56. The predicted molar refractivity (Wildman–Crippen MR) is 73.9 cm³/mol. The fourth-order valence-electron chi connectivity index (χ4n) is 1.52. The number of nitrogens with one attached hydrogen (secondary N) is 1. The summed E-state index contributed by atoms with van der Waals surface area (Å²) in [5.41, 5.74) is 0.534. The van der Waals surface area contributed by atoms with Crippen molar-refractivity contribution in [1.29, 1.82) is 0 Å². The number of carboxylic acids is 1. The molecule has 0 aliphatic heterocycles. The van der Waals surface area contributed by atoms with Gasteiger partial charge in [0.1, 0.15) is 0 Å². The lowest BCUT2D eigenvalue weighted by Crippen LogP contribution is -2.36. The predicted octanol–water partition coefficient (Wildman–Crippen LogP) is 1.81. The Kier molecular flexibility index (Phi) is 6.28. The minimum absolute atomic E-state index is 0.0806. The van der Waals surface area contributed by atoms with Crippen LogP contribution in [0.4, 0.5) is 10.5 Å². The van der Waals surface area contributed by atoms with Gasteiger partial charge < -0.3 is 20.1 Å². The molecule has 0 radical (unpaired) electrons. The van der Waals surface area contributed by atoms with Crippen LogP contribution in [0.1, 0.15) is 20.3 Å². The van der Waals surface area contributed by atoms with Gasteiger partial charge in [-0.2, -0.15) is 0 Å². The minimum Gasteiger partial charge on any atom is -0.481 e. The van der Waals surface area contributed by atoms with Crippen molar-refractivity contribution in [2.45, 2.75) is 20.3 Å². The molecule has 20 heavy (non-hydrogen) atoms. The molecule has 0 aliphatic carbocycles. The third kappa shape index (κ3) is 5.13. The van der Waals surface area contributed by atoms with Gasteiger partial charge in [0, 0.05) is 19.2 Å². The number of pyridine rings is 1. The topological polar surface area (TPSA) is 91.8 Å². The molecule has 1 aromatic heterocycles. The van der Waals surface area contributed by atoms with Crippen molar-refractivity contribution < 1.29 is 19.4 Å². The first-order valence-electron chi connectivity index (χ1n) is 6.43. The number of hydrogen-bond donors (Lipinski definition) is 2. The maximum absolute atomic E-state index is 11.9. The maximum atomic E-state index is 11.9. The lowest BCUT2D eigenvalue weighted by molar-refractivity contribution is -0.137. The number of aromatic nitrogens is 1. The van der Waals surface area contributed by atoms with Gasteiger partial charge in [-0.05, 0) is 19.9 Å². The zero-order valence-electron chi connectivity index (χ0n) is 11.6. The first-order chi connectivity index (χ1) is 9.56. The third-order valence-electron chi connectivity index (χ3n) is 2.54. The molecule has 0 unspecified atom stereocenters. The van der Waals surface area contributed by atoms with Crippen molar-refractivity contribution in [1.82, 2.24) is 9.88 Å². The molecule has 0 bridgehead atoms. The number of anilines is 1. The summed E-state index contributed by atoms with van der Waals surface area (Å²) in [6.07, 6.45) is 1.41. The van der Waals surface area contributed by atoms with Crippen molar-refractivity contribution in [3.8, 4) is 5.88 Å². The van der Waals surface area contributed by atoms with Crippen LogP contribution in [0.3, 0.4) is 0 Å². The van der Waals surface area contributed by atoms with Crippen molar-refractivity contribution in [3.05, 3.63) is 18.3 Å². The number of ether oxygens (including phenoxy) is 1. The van der Waals surface area contributed by atoms with Crippen molar-refractivity contribution in [2.75, 3.05) is 25.0 Å². The molecular weight excluding hydrogens is 262 g/mol. The number of aliphatic carboxylic acids is 1. The number of urea groups is 1. The van der Waals surface area contributed by atoms with E-state index in [-0.39, 0.29) is 19.0 Å². The number of hydrogen-bond acceptors (Lipinski definition) is 4. The van der Waals surface area contributed by atoms with E-state index in [1.807, 2.05) is 6.92 Å². The summed E-state index contributed by atoms with van der Waals surface area (Å²) in [6, 6.07) is 2.99. The van der Waals surface area contributed by atoms with Gasteiger partial charge in [0.05, 0.1) is 24.9 Å². The lowest BCUT2D eigenvalue weighted by atomic mass is 10.4. The lowest BCUT2D eigenvalue weighted by Gasteiger charge is -2.20. The second-order valence-corrected chi connectivity index (χ2v) is 3.97. The maximum Gasteiger partial charge on any atom is 0.321 e. The number of carbonyl (C=O) groups excluding carboxylic acids is 1. The molecule has 110 valence electrons. The average Bonchev–Trinajstić information content (AvgIpc) is 2.41. The van der Waals surface area contributed by atoms with E-state index in [1.54, 1.807) is 19.1 Å². The van der Waals surface area contributed by atoms with E-state index < -0.39 is 5.97 Å². The summed E-state index contributed by atoms with van der Waals surface area (Å²) in [7, 11) is 0. The van der Waals surface area contributed by atoms with E-state index >= 15 is 0 Å². The van der Waals surface area contributed by atoms with Gasteiger partial charge in [-0.25, -0.2) is 9.78 Å². The molecule has 0 saturated heterocycles. The Morgan fingerprint density at radius 1 is 1.40 bits per heavy atom. The zero-order chi connectivity index (χ0) is 15.0. The molecule has 7 nitrogen and oxygen atoms in total. The molecular formula is C13H19N3O4. The van der Waals surface area contributed by atoms with Crippen LogP contribution in [0.15, 0.2) is 18.3 Å². The molecule has 0 aromatic carbocycles. The molecule has 1 heterocycles. The van der Waals surface area contributed by atoms with Crippen LogP contribution in [0.5, 0.6) is 5.88 Å². The molecule has 0 saturated carbocycles. The largest absolute Gasteiger partial charge is 0.481 e. The molecule has 2 N–H and O–H groups in total. The quantitative estimate of drug-likeness (QED) is 0.795. The monoisotopic (exact) mass is 281 g/mol. The van der Waals surface area contributed by atoms with E-state index in [9.17, 15) is 9.59 Å². The zero-order valence-corrected chi connectivity index (χ0v) is 11.6. The van der Waals surface area contributed by atoms with E-state index in [0.717, 1.165) is 0 Å². The molecule has 1 rings (SSSR count). The SMILES string of the molecule is CCOc1ccc(NC(=O)N(CC)CCC(=O)O)cn1. The number of amides is 2. The summed E-state index contributed by atoms with van der Waals surface area (Å²) in [5, 5.41) is 11.3. The number of carbonyl (C=O) groups is 2. The Bertz CT molecular complexity index is 447. The average molecular weight is 281 g/mol. The number of rotatable bonds is 7. The summed E-state index contributed by atoms with van der Waals surface area (Å²) in [6.45, 7) is 4.78. The molecule has 2 amide bonds. The third-order valence-corrected chi connectivity index (χ3v) is 2.54. The van der Waals surface area contributed by atoms with E-state index in [2.05, 4.69) is 10.3 Å². The highest BCUT2D eigenvalue weighted by Gasteiger charge is 2.13. The van der Waals surface area contributed by atoms with Crippen LogP contribution in [0.25, 0.3) is 0 Å². The minimum atomic E-state index is -0.931. The molecule has 1 aromatic rings. The first kappa shape index (κ1) is 15.7. The molecule has 0 atom stereocenters. The van der Waals surface area contributed by atoms with Crippen LogP contribution in [0, 0.1) is 0 Å². The van der Waals surface area contributed by atoms with Gasteiger partial charge in [-0.15, -0.1) is 0 Å². The Hall–Kier alpha value is -2.31. The van der Waals surface area contributed by atoms with E-state index in [0.29, 0.717) is 24.7 Å². The Morgan fingerprint density at radius 2 is 2.15 bits per heavy atom. The van der Waals surface area contributed by atoms with Crippen molar-refractivity contribution in [2.24, 2.45) is 0 Å². The molecule has 0 fully saturated rings. The van der Waals surface area contributed by atoms with Gasteiger partial charge in [0.2, 0.25) is 5.88 Å². The summed E-state index contributed by atoms with van der Waals surface area (Å²) in [4.78, 5) is 27.9. The van der Waals surface area contributed by atoms with Crippen molar-refractivity contribution >= 4 is 17.7 Å². The highest BCUT2D eigenvalue weighted by molar-refractivity contribution is 5.89.